The summed E-state index contributed by atoms with van der Waals surface area (Å²) in [5.41, 5.74) is 1.30. The van der Waals surface area contributed by atoms with Crippen LogP contribution in [0.3, 0.4) is 0 Å². The molecule has 1 aromatic carbocycles. The van der Waals surface area contributed by atoms with Gasteiger partial charge in [0.05, 0.1) is 28.9 Å². The molecule has 0 amide bonds. The molecule has 1 N–H and O–H groups in total. The van der Waals surface area contributed by atoms with Crippen molar-refractivity contribution in [3.8, 4) is 6.07 Å². The second-order valence-electron chi connectivity index (χ2n) is 4.06. The van der Waals surface area contributed by atoms with Gasteiger partial charge in [-0.25, -0.2) is 9.67 Å². The zero-order chi connectivity index (χ0) is 13.7. The summed E-state index contributed by atoms with van der Waals surface area (Å²) in [4.78, 5) is 4.20. The van der Waals surface area contributed by atoms with E-state index >= 15 is 0 Å². The molecule has 0 saturated carbocycles. The largest absolute Gasteiger partial charge is 0.377 e. The van der Waals surface area contributed by atoms with Crippen molar-refractivity contribution in [3.05, 3.63) is 40.9 Å². The number of nitrogens with zero attached hydrogens (tertiary/aromatic N) is 4. The summed E-state index contributed by atoms with van der Waals surface area (Å²) in [6, 6.07) is 7.21. The highest BCUT2D eigenvalue weighted by Gasteiger charge is 2.06. The Hall–Kier alpha value is -2.06. The summed E-state index contributed by atoms with van der Waals surface area (Å²) in [6.45, 7) is 3.45. The maximum absolute atomic E-state index is 8.87. The van der Waals surface area contributed by atoms with Gasteiger partial charge in [0.25, 0.3) is 0 Å². The van der Waals surface area contributed by atoms with Crippen LogP contribution in [-0.2, 0) is 13.1 Å². The van der Waals surface area contributed by atoms with Crippen LogP contribution >= 0.6 is 11.6 Å². The van der Waals surface area contributed by atoms with Gasteiger partial charge in [0, 0.05) is 6.54 Å². The molecule has 0 aliphatic heterocycles. The lowest BCUT2D eigenvalue weighted by molar-refractivity contribution is 0.574. The van der Waals surface area contributed by atoms with Crippen molar-refractivity contribution < 1.29 is 0 Å². The molecule has 6 heteroatoms. The smallest absolute Gasteiger partial charge is 0.146 e. The Balaban J connectivity index is 2.10. The number of nitrogens with one attached hydrogen (secondary N) is 1. The standard InChI is InChI=1S/C13H14ClN5/c1-2-5-19-13(17-9-18-19)8-16-12-6-10(7-15)3-4-11(12)14/h3-4,6,9,16H,2,5,8H2,1H3. The maximum atomic E-state index is 8.87. The first-order valence-electron chi connectivity index (χ1n) is 6.04. The third-order valence-electron chi connectivity index (χ3n) is 2.66. The first kappa shape index (κ1) is 13.4. The van der Waals surface area contributed by atoms with Crippen molar-refractivity contribution in [3.63, 3.8) is 0 Å². The van der Waals surface area contributed by atoms with Gasteiger partial charge >= 0.3 is 0 Å². The number of nitriles is 1. The monoisotopic (exact) mass is 275 g/mol. The van der Waals surface area contributed by atoms with E-state index in [0.717, 1.165) is 24.5 Å². The zero-order valence-electron chi connectivity index (χ0n) is 10.6. The maximum Gasteiger partial charge on any atom is 0.146 e. The van der Waals surface area contributed by atoms with Gasteiger partial charge in [-0.1, -0.05) is 18.5 Å². The van der Waals surface area contributed by atoms with Crippen LogP contribution in [0.1, 0.15) is 24.7 Å². The molecule has 0 unspecified atom stereocenters. The van der Waals surface area contributed by atoms with Crippen molar-refractivity contribution in [2.45, 2.75) is 26.4 Å². The van der Waals surface area contributed by atoms with Gasteiger partial charge in [-0.3, -0.25) is 0 Å². The number of aryl methyl sites for hydroxylation is 1. The molecule has 1 aromatic heterocycles. The normalized spacial score (nSPS) is 10.2. The Morgan fingerprint density at radius 2 is 2.32 bits per heavy atom. The molecule has 0 saturated heterocycles. The van der Waals surface area contributed by atoms with Crippen LogP contribution < -0.4 is 5.32 Å². The minimum absolute atomic E-state index is 0.522. The molecule has 0 radical (unpaired) electrons. The molecule has 0 bridgehead atoms. The predicted molar refractivity (Wildman–Crippen MR) is 73.8 cm³/mol. The SMILES string of the molecule is CCCn1ncnc1CNc1cc(C#N)ccc1Cl. The van der Waals surface area contributed by atoms with Crippen LogP contribution in [0.5, 0.6) is 0 Å². The first-order valence-corrected chi connectivity index (χ1v) is 6.42. The average molecular weight is 276 g/mol. The van der Waals surface area contributed by atoms with Gasteiger partial charge in [0.1, 0.15) is 12.2 Å². The number of hydrogen-bond donors (Lipinski definition) is 1. The van der Waals surface area contributed by atoms with Gasteiger partial charge in [0.15, 0.2) is 0 Å². The fourth-order valence-electron chi connectivity index (χ4n) is 1.73. The highest BCUT2D eigenvalue weighted by atomic mass is 35.5. The molecule has 19 heavy (non-hydrogen) atoms. The van der Waals surface area contributed by atoms with E-state index in [1.165, 1.54) is 0 Å². The highest BCUT2D eigenvalue weighted by Crippen LogP contribution is 2.23. The van der Waals surface area contributed by atoms with E-state index in [-0.39, 0.29) is 0 Å². The highest BCUT2D eigenvalue weighted by molar-refractivity contribution is 6.33. The Bertz CT molecular complexity index is 599. The van der Waals surface area contributed by atoms with Crippen LogP contribution in [-0.4, -0.2) is 14.8 Å². The Morgan fingerprint density at radius 3 is 3.05 bits per heavy atom. The quantitative estimate of drug-likeness (QED) is 0.911. The molecule has 0 aliphatic rings. The summed E-state index contributed by atoms with van der Waals surface area (Å²) in [6.07, 6.45) is 2.54. The van der Waals surface area contributed by atoms with E-state index in [2.05, 4.69) is 28.4 Å². The number of aromatic nitrogens is 3. The summed E-state index contributed by atoms with van der Waals surface area (Å²) in [5.74, 6) is 0.847. The minimum atomic E-state index is 0.522. The second-order valence-corrected chi connectivity index (χ2v) is 4.47. The van der Waals surface area contributed by atoms with Gasteiger partial charge in [-0.15, -0.1) is 0 Å². The lowest BCUT2D eigenvalue weighted by Crippen LogP contribution is -2.10. The van der Waals surface area contributed by atoms with Gasteiger partial charge in [-0.2, -0.15) is 10.4 Å². The van der Waals surface area contributed by atoms with E-state index in [9.17, 15) is 0 Å². The zero-order valence-corrected chi connectivity index (χ0v) is 11.4. The molecule has 0 atom stereocenters. The van der Waals surface area contributed by atoms with Gasteiger partial charge < -0.3 is 5.32 Å². The number of benzene rings is 1. The van der Waals surface area contributed by atoms with Crippen LogP contribution in [0.4, 0.5) is 5.69 Å². The van der Waals surface area contributed by atoms with E-state index < -0.39 is 0 Å². The lowest BCUT2D eigenvalue weighted by atomic mass is 10.2. The third kappa shape index (κ3) is 3.24. The third-order valence-corrected chi connectivity index (χ3v) is 2.99. The topological polar surface area (TPSA) is 66.5 Å². The van der Waals surface area contributed by atoms with Gasteiger partial charge in [0.2, 0.25) is 0 Å². The molecule has 2 rings (SSSR count). The fourth-order valence-corrected chi connectivity index (χ4v) is 1.91. The summed E-state index contributed by atoms with van der Waals surface area (Å²) in [5, 5.41) is 16.8. The fraction of sp³-hybridized carbons (Fsp3) is 0.308. The van der Waals surface area contributed by atoms with Crippen LogP contribution in [0.25, 0.3) is 0 Å². The molecule has 0 fully saturated rings. The molecule has 2 aromatic rings. The van der Waals surface area contributed by atoms with Crippen LogP contribution in [0, 0.1) is 11.3 Å². The van der Waals surface area contributed by atoms with Crippen molar-refractivity contribution in [1.82, 2.24) is 14.8 Å². The Kier molecular flexibility index (Phi) is 4.37. The molecule has 1 heterocycles. The molecule has 98 valence electrons. The van der Waals surface area contributed by atoms with E-state index in [4.69, 9.17) is 16.9 Å². The molecular weight excluding hydrogens is 262 g/mol. The summed E-state index contributed by atoms with van der Waals surface area (Å²) in [7, 11) is 0. The summed E-state index contributed by atoms with van der Waals surface area (Å²) >= 11 is 6.08. The van der Waals surface area contributed by atoms with E-state index in [1.54, 1.807) is 24.5 Å². The average Bonchev–Trinajstić information content (AvgIpc) is 2.86. The van der Waals surface area contributed by atoms with Crippen molar-refractivity contribution in [2.24, 2.45) is 0 Å². The molecule has 5 nitrogen and oxygen atoms in total. The second kappa shape index (κ2) is 6.21. The minimum Gasteiger partial charge on any atom is -0.377 e. The number of halogens is 1. The summed E-state index contributed by atoms with van der Waals surface area (Å²) < 4.78 is 1.86. The molecule has 0 aliphatic carbocycles. The first-order chi connectivity index (χ1) is 9.24. The predicted octanol–water partition coefficient (Wildman–Crippen LogP) is 2.83. The van der Waals surface area contributed by atoms with Crippen molar-refractivity contribution in [2.75, 3.05) is 5.32 Å². The molecule has 0 spiro atoms. The number of rotatable bonds is 5. The van der Waals surface area contributed by atoms with Gasteiger partial charge in [-0.05, 0) is 24.6 Å². The van der Waals surface area contributed by atoms with Crippen LogP contribution in [0.15, 0.2) is 24.5 Å². The number of hydrogen-bond acceptors (Lipinski definition) is 4. The Morgan fingerprint density at radius 1 is 1.47 bits per heavy atom. The lowest BCUT2D eigenvalue weighted by Gasteiger charge is -2.09. The van der Waals surface area contributed by atoms with Crippen molar-refractivity contribution >= 4 is 17.3 Å². The van der Waals surface area contributed by atoms with Crippen molar-refractivity contribution in [1.29, 1.82) is 5.26 Å². The Labute approximate surface area is 116 Å². The molecular formula is C13H14ClN5. The number of anilines is 1. The van der Waals surface area contributed by atoms with E-state index in [0.29, 0.717) is 17.1 Å². The van der Waals surface area contributed by atoms with E-state index in [1.807, 2.05) is 4.68 Å². The van der Waals surface area contributed by atoms with Crippen LogP contribution in [0.2, 0.25) is 5.02 Å².